The second-order valence-corrected chi connectivity index (χ2v) is 6.04. The first-order valence-corrected chi connectivity index (χ1v) is 8.02. The van der Waals surface area contributed by atoms with Crippen LogP contribution in [0.25, 0.3) is 0 Å². The first-order chi connectivity index (χ1) is 11.1. The second kappa shape index (κ2) is 6.91. The van der Waals surface area contributed by atoms with Gasteiger partial charge in [-0.1, -0.05) is 24.6 Å². The SMILES string of the molecule is N=C1C(=O)OC[C@@H]1c1ccccc1NC(=O)CN1CCCCC1. The number of carbonyl (C=O) groups is 2. The molecule has 2 saturated heterocycles. The van der Waals surface area contributed by atoms with Crippen molar-refractivity contribution in [2.45, 2.75) is 25.2 Å². The van der Waals surface area contributed by atoms with E-state index in [-0.39, 0.29) is 18.2 Å². The lowest BCUT2D eigenvalue weighted by atomic mass is 9.95. The quantitative estimate of drug-likeness (QED) is 0.830. The molecule has 0 radical (unpaired) electrons. The number of ether oxygens (including phenoxy) is 1. The van der Waals surface area contributed by atoms with Gasteiger partial charge in [-0.15, -0.1) is 0 Å². The number of nitrogens with one attached hydrogen (secondary N) is 2. The van der Waals surface area contributed by atoms with E-state index in [4.69, 9.17) is 10.1 Å². The van der Waals surface area contributed by atoms with E-state index in [9.17, 15) is 9.59 Å². The standard InChI is InChI=1S/C17H21N3O3/c18-16-13(11-23-17(16)22)12-6-2-3-7-14(12)19-15(21)10-20-8-4-1-5-9-20/h2-3,6-7,13,18H,1,4-5,8-11H2,(H,19,21)/t13-/m1/s1. The zero-order chi connectivity index (χ0) is 16.2. The van der Waals surface area contributed by atoms with Crippen LogP contribution in [-0.4, -0.2) is 48.7 Å². The number of hydrogen-bond acceptors (Lipinski definition) is 5. The number of esters is 1. The normalized spacial score (nSPS) is 22.0. The van der Waals surface area contributed by atoms with Crippen molar-refractivity contribution in [1.29, 1.82) is 5.41 Å². The van der Waals surface area contributed by atoms with Crippen LogP contribution in [0.2, 0.25) is 0 Å². The molecule has 2 aliphatic heterocycles. The first-order valence-electron chi connectivity index (χ1n) is 8.02. The predicted octanol–water partition coefficient (Wildman–Crippen LogP) is 1.77. The van der Waals surface area contributed by atoms with Crippen molar-refractivity contribution in [1.82, 2.24) is 4.90 Å². The number of cyclic esters (lactones) is 1. The molecule has 0 aromatic heterocycles. The van der Waals surface area contributed by atoms with Gasteiger partial charge in [0.25, 0.3) is 0 Å². The smallest absolute Gasteiger partial charge is 0.352 e. The molecule has 6 heteroatoms. The van der Waals surface area contributed by atoms with E-state index in [0.717, 1.165) is 31.5 Å². The van der Waals surface area contributed by atoms with Gasteiger partial charge in [0, 0.05) is 5.69 Å². The van der Waals surface area contributed by atoms with Crippen molar-refractivity contribution in [2.24, 2.45) is 0 Å². The maximum Gasteiger partial charge on any atom is 0.352 e. The minimum atomic E-state index is -0.579. The molecule has 0 saturated carbocycles. The number of benzene rings is 1. The molecule has 3 rings (SSSR count). The lowest BCUT2D eigenvalue weighted by Gasteiger charge is -2.26. The summed E-state index contributed by atoms with van der Waals surface area (Å²) in [6.45, 7) is 2.47. The van der Waals surface area contributed by atoms with Crippen LogP contribution in [0.15, 0.2) is 24.3 Å². The molecule has 2 N–H and O–H groups in total. The van der Waals surface area contributed by atoms with Crippen LogP contribution >= 0.6 is 0 Å². The number of piperidine rings is 1. The van der Waals surface area contributed by atoms with Crippen LogP contribution < -0.4 is 5.32 Å². The average molecular weight is 315 g/mol. The summed E-state index contributed by atoms with van der Waals surface area (Å²) in [6, 6.07) is 7.31. The molecular weight excluding hydrogens is 294 g/mol. The topological polar surface area (TPSA) is 82.5 Å². The first kappa shape index (κ1) is 15.7. The van der Waals surface area contributed by atoms with Gasteiger partial charge in [-0.2, -0.15) is 0 Å². The number of carbonyl (C=O) groups excluding carboxylic acids is 2. The van der Waals surface area contributed by atoms with Crippen LogP contribution in [0.5, 0.6) is 0 Å². The summed E-state index contributed by atoms with van der Waals surface area (Å²) in [7, 11) is 0. The van der Waals surface area contributed by atoms with Gasteiger partial charge < -0.3 is 10.1 Å². The Morgan fingerprint density at radius 1 is 1.26 bits per heavy atom. The van der Waals surface area contributed by atoms with Gasteiger partial charge in [-0.3, -0.25) is 15.1 Å². The molecule has 1 atom stereocenters. The summed E-state index contributed by atoms with van der Waals surface area (Å²) in [5.74, 6) is -1.05. The molecule has 0 spiro atoms. The Bertz CT molecular complexity index is 623. The zero-order valence-electron chi connectivity index (χ0n) is 13.0. The number of amides is 1. The number of para-hydroxylation sites is 1. The summed E-state index contributed by atoms with van der Waals surface area (Å²) in [5, 5.41) is 10.8. The summed E-state index contributed by atoms with van der Waals surface area (Å²) in [4.78, 5) is 25.9. The van der Waals surface area contributed by atoms with E-state index >= 15 is 0 Å². The third-order valence-electron chi connectivity index (χ3n) is 4.38. The second-order valence-electron chi connectivity index (χ2n) is 6.04. The van der Waals surface area contributed by atoms with E-state index < -0.39 is 11.9 Å². The van der Waals surface area contributed by atoms with E-state index in [1.165, 1.54) is 6.42 Å². The van der Waals surface area contributed by atoms with E-state index in [2.05, 4.69) is 10.2 Å². The molecule has 2 fully saturated rings. The van der Waals surface area contributed by atoms with Crippen molar-refractivity contribution < 1.29 is 14.3 Å². The lowest BCUT2D eigenvalue weighted by Crippen LogP contribution is -2.37. The Morgan fingerprint density at radius 2 is 2.00 bits per heavy atom. The van der Waals surface area contributed by atoms with Crippen molar-refractivity contribution >= 4 is 23.3 Å². The van der Waals surface area contributed by atoms with Crippen LogP contribution in [0.4, 0.5) is 5.69 Å². The highest BCUT2D eigenvalue weighted by Crippen LogP contribution is 2.29. The van der Waals surface area contributed by atoms with E-state index in [1.54, 1.807) is 6.07 Å². The average Bonchev–Trinajstić information content (AvgIpc) is 2.88. The molecule has 0 aliphatic carbocycles. The highest BCUT2D eigenvalue weighted by Gasteiger charge is 2.33. The fourth-order valence-corrected chi connectivity index (χ4v) is 3.13. The summed E-state index contributed by atoms with van der Waals surface area (Å²) >= 11 is 0. The molecule has 122 valence electrons. The van der Waals surface area contributed by atoms with Gasteiger partial charge in [0.05, 0.1) is 12.5 Å². The third kappa shape index (κ3) is 3.59. The summed E-state index contributed by atoms with van der Waals surface area (Å²) in [5.41, 5.74) is 1.36. The molecule has 6 nitrogen and oxygen atoms in total. The number of hydrogen-bond donors (Lipinski definition) is 2. The molecular formula is C17H21N3O3. The maximum atomic E-state index is 12.3. The lowest BCUT2D eigenvalue weighted by molar-refractivity contribution is -0.132. The summed E-state index contributed by atoms with van der Waals surface area (Å²) < 4.78 is 4.93. The predicted molar refractivity (Wildman–Crippen MR) is 86.8 cm³/mol. The van der Waals surface area contributed by atoms with Crippen LogP contribution in [-0.2, 0) is 14.3 Å². The van der Waals surface area contributed by atoms with Gasteiger partial charge in [-0.05, 0) is 37.6 Å². The monoisotopic (exact) mass is 315 g/mol. The van der Waals surface area contributed by atoms with Gasteiger partial charge in [-0.25, -0.2) is 4.79 Å². The Morgan fingerprint density at radius 3 is 2.70 bits per heavy atom. The van der Waals surface area contributed by atoms with Crippen molar-refractivity contribution in [2.75, 3.05) is 31.6 Å². The van der Waals surface area contributed by atoms with Crippen molar-refractivity contribution in [3.05, 3.63) is 29.8 Å². The Labute approximate surface area is 135 Å². The summed E-state index contributed by atoms with van der Waals surface area (Å²) in [6.07, 6.45) is 3.52. The van der Waals surface area contributed by atoms with Gasteiger partial charge in [0.1, 0.15) is 12.3 Å². The maximum absolute atomic E-state index is 12.3. The fraction of sp³-hybridized carbons (Fsp3) is 0.471. The number of rotatable bonds is 4. The molecule has 0 unspecified atom stereocenters. The molecule has 1 aromatic rings. The number of likely N-dealkylation sites (tertiary alicyclic amines) is 1. The zero-order valence-corrected chi connectivity index (χ0v) is 13.0. The van der Waals surface area contributed by atoms with Gasteiger partial charge >= 0.3 is 5.97 Å². The minimum absolute atomic E-state index is 0.0530. The third-order valence-corrected chi connectivity index (χ3v) is 4.38. The number of anilines is 1. The van der Waals surface area contributed by atoms with Crippen molar-refractivity contribution in [3.8, 4) is 0 Å². The molecule has 2 heterocycles. The van der Waals surface area contributed by atoms with Crippen LogP contribution in [0.1, 0.15) is 30.7 Å². The Kier molecular flexibility index (Phi) is 4.71. The van der Waals surface area contributed by atoms with Crippen molar-refractivity contribution in [3.63, 3.8) is 0 Å². The van der Waals surface area contributed by atoms with Gasteiger partial charge in [0.2, 0.25) is 5.91 Å². The number of nitrogens with zero attached hydrogens (tertiary/aromatic N) is 1. The molecule has 0 bridgehead atoms. The Balaban J connectivity index is 1.69. The van der Waals surface area contributed by atoms with Crippen LogP contribution in [0.3, 0.4) is 0 Å². The highest BCUT2D eigenvalue weighted by molar-refractivity contribution is 6.39. The van der Waals surface area contributed by atoms with E-state index in [0.29, 0.717) is 12.2 Å². The molecule has 23 heavy (non-hydrogen) atoms. The Hall–Kier alpha value is -2.21. The fourth-order valence-electron chi connectivity index (χ4n) is 3.13. The van der Waals surface area contributed by atoms with Crippen LogP contribution in [0, 0.1) is 5.41 Å². The largest absolute Gasteiger partial charge is 0.460 e. The van der Waals surface area contributed by atoms with Gasteiger partial charge in [0.15, 0.2) is 0 Å². The molecule has 2 aliphatic rings. The van der Waals surface area contributed by atoms with E-state index in [1.807, 2.05) is 18.2 Å². The highest BCUT2D eigenvalue weighted by atomic mass is 16.5. The molecule has 1 aromatic carbocycles. The minimum Gasteiger partial charge on any atom is -0.460 e. The molecule has 1 amide bonds.